The van der Waals surface area contributed by atoms with Gasteiger partial charge in [-0.3, -0.25) is 4.79 Å². The molecule has 25 heavy (non-hydrogen) atoms. The van der Waals surface area contributed by atoms with Crippen molar-refractivity contribution >= 4 is 33.3 Å². The molecular weight excluding hydrogens is 341 g/mol. The highest BCUT2D eigenvalue weighted by Gasteiger charge is 2.13. The van der Waals surface area contributed by atoms with Crippen molar-refractivity contribution in [3.05, 3.63) is 41.8 Å². The maximum absolute atomic E-state index is 13.2. The molecule has 0 aliphatic carbocycles. The predicted molar refractivity (Wildman–Crippen MR) is 97.2 cm³/mol. The fourth-order valence-electron chi connectivity index (χ4n) is 2.55. The molecule has 7 heteroatoms. The highest BCUT2D eigenvalue weighted by molar-refractivity contribution is 7.17. The Morgan fingerprint density at radius 1 is 1.24 bits per heavy atom. The van der Waals surface area contributed by atoms with E-state index in [1.165, 1.54) is 36.9 Å². The summed E-state index contributed by atoms with van der Waals surface area (Å²) in [5.41, 5.74) is 1.91. The van der Waals surface area contributed by atoms with Gasteiger partial charge in [-0.05, 0) is 30.5 Å². The van der Waals surface area contributed by atoms with E-state index in [0.29, 0.717) is 13.0 Å². The highest BCUT2D eigenvalue weighted by Crippen LogP contribution is 2.36. The number of anilines is 1. The molecule has 2 aromatic heterocycles. The monoisotopic (exact) mass is 359 g/mol. The number of nitrogens with zero attached hydrogens (tertiary/aromatic N) is 2. The summed E-state index contributed by atoms with van der Waals surface area (Å²) in [5.74, 6) is 0.299. The zero-order chi connectivity index (χ0) is 17.6. The van der Waals surface area contributed by atoms with Crippen molar-refractivity contribution in [3.63, 3.8) is 0 Å². The molecule has 0 spiro atoms. The van der Waals surface area contributed by atoms with Crippen LogP contribution in [0, 0.1) is 5.82 Å². The fraction of sp³-hybridized carbons (Fsp3) is 0.278. The molecule has 130 valence electrons. The van der Waals surface area contributed by atoms with E-state index < -0.39 is 0 Å². The molecule has 5 nitrogen and oxygen atoms in total. The van der Waals surface area contributed by atoms with Crippen LogP contribution in [0.4, 0.5) is 10.2 Å². The fourth-order valence-corrected chi connectivity index (χ4v) is 3.47. The van der Waals surface area contributed by atoms with Crippen molar-refractivity contribution < 1.29 is 13.9 Å². The molecule has 0 atom stereocenters. The van der Waals surface area contributed by atoms with Gasteiger partial charge in [-0.15, -0.1) is 11.3 Å². The first kappa shape index (κ1) is 17.3. The molecule has 0 fully saturated rings. The number of fused-ring (bicyclic) bond motifs is 1. The molecule has 1 N–H and O–H groups in total. The lowest BCUT2D eigenvalue weighted by molar-refractivity contribution is -0.140. The maximum Gasteiger partial charge on any atom is 0.305 e. The number of halogens is 1. The average molecular weight is 359 g/mol. The molecule has 0 saturated carbocycles. The number of carbonyl (C=O) groups is 1. The molecule has 3 aromatic rings. The predicted octanol–water partition coefficient (Wildman–Crippen LogP) is 4.25. The Morgan fingerprint density at radius 2 is 2.04 bits per heavy atom. The van der Waals surface area contributed by atoms with Crippen LogP contribution in [0.2, 0.25) is 0 Å². The third-order valence-corrected chi connectivity index (χ3v) is 4.74. The van der Waals surface area contributed by atoms with Crippen molar-refractivity contribution in [3.8, 4) is 11.1 Å². The van der Waals surface area contributed by atoms with Crippen molar-refractivity contribution in [2.45, 2.75) is 19.3 Å². The van der Waals surface area contributed by atoms with Gasteiger partial charge in [-0.25, -0.2) is 14.4 Å². The molecule has 2 heterocycles. The first-order chi connectivity index (χ1) is 12.2. The molecule has 3 rings (SSSR count). The molecule has 0 aliphatic heterocycles. The molecule has 0 amide bonds. The smallest absolute Gasteiger partial charge is 0.305 e. The number of ether oxygens (including phenoxy) is 1. The number of hydrogen-bond donors (Lipinski definition) is 1. The lowest BCUT2D eigenvalue weighted by Gasteiger charge is -2.08. The van der Waals surface area contributed by atoms with Gasteiger partial charge >= 0.3 is 5.97 Å². The number of carbonyl (C=O) groups excluding carboxylic acids is 1. The van der Waals surface area contributed by atoms with Crippen LogP contribution >= 0.6 is 11.3 Å². The van der Waals surface area contributed by atoms with E-state index in [2.05, 4.69) is 20.0 Å². The molecular formula is C18H18FN3O2S. The normalized spacial score (nSPS) is 10.8. The summed E-state index contributed by atoms with van der Waals surface area (Å²) < 4.78 is 17.8. The van der Waals surface area contributed by atoms with Gasteiger partial charge < -0.3 is 10.1 Å². The number of hydrogen-bond acceptors (Lipinski definition) is 6. The Balaban J connectivity index is 1.76. The molecule has 0 saturated heterocycles. The molecule has 0 bridgehead atoms. The van der Waals surface area contributed by atoms with Crippen molar-refractivity contribution in [2.75, 3.05) is 19.0 Å². The number of aromatic nitrogens is 2. The zero-order valence-electron chi connectivity index (χ0n) is 13.8. The van der Waals surface area contributed by atoms with E-state index >= 15 is 0 Å². The third kappa shape index (κ3) is 4.11. The minimum Gasteiger partial charge on any atom is -0.469 e. The molecule has 0 unspecified atom stereocenters. The van der Waals surface area contributed by atoms with Crippen LogP contribution in [0.5, 0.6) is 0 Å². The highest BCUT2D eigenvalue weighted by atomic mass is 32.1. The lowest BCUT2D eigenvalue weighted by atomic mass is 10.1. The number of rotatable bonds is 7. The first-order valence-electron chi connectivity index (χ1n) is 7.98. The number of unbranched alkanes of at least 4 members (excludes halogenated alkanes) is 1. The van der Waals surface area contributed by atoms with E-state index in [4.69, 9.17) is 0 Å². The summed E-state index contributed by atoms with van der Waals surface area (Å²) in [5, 5.41) is 6.26. The van der Waals surface area contributed by atoms with Crippen LogP contribution in [0.25, 0.3) is 21.3 Å². The summed E-state index contributed by atoms with van der Waals surface area (Å²) in [6.45, 7) is 0.696. The van der Waals surface area contributed by atoms with Gasteiger partial charge in [0, 0.05) is 23.9 Å². The Hall–Kier alpha value is -2.54. The number of nitrogens with one attached hydrogen (secondary N) is 1. The second kappa shape index (κ2) is 8.02. The van der Waals surface area contributed by atoms with E-state index in [1.807, 2.05) is 5.38 Å². The van der Waals surface area contributed by atoms with Gasteiger partial charge in [0.15, 0.2) is 0 Å². The van der Waals surface area contributed by atoms with Crippen molar-refractivity contribution in [1.82, 2.24) is 9.97 Å². The van der Waals surface area contributed by atoms with E-state index in [0.717, 1.165) is 40.0 Å². The van der Waals surface area contributed by atoms with Gasteiger partial charge in [0.05, 0.1) is 12.5 Å². The first-order valence-corrected chi connectivity index (χ1v) is 8.86. The minimum absolute atomic E-state index is 0.194. The summed E-state index contributed by atoms with van der Waals surface area (Å²) in [7, 11) is 1.39. The minimum atomic E-state index is -0.261. The second-order valence-corrected chi connectivity index (χ2v) is 6.38. The van der Waals surface area contributed by atoms with Crippen LogP contribution in [-0.2, 0) is 9.53 Å². The van der Waals surface area contributed by atoms with Gasteiger partial charge in [-0.2, -0.15) is 0 Å². The van der Waals surface area contributed by atoms with Crippen LogP contribution in [0.15, 0.2) is 36.0 Å². The Kier molecular flexibility index (Phi) is 5.55. The summed E-state index contributed by atoms with van der Waals surface area (Å²) >= 11 is 1.53. The van der Waals surface area contributed by atoms with Crippen LogP contribution in [0.1, 0.15) is 19.3 Å². The number of methoxy groups -OCH3 is 1. The van der Waals surface area contributed by atoms with Gasteiger partial charge in [0.1, 0.15) is 22.8 Å². The third-order valence-electron chi connectivity index (χ3n) is 3.85. The summed E-state index contributed by atoms with van der Waals surface area (Å²) in [4.78, 5) is 20.7. The van der Waals surface area contributed by atoms with Gasteiger partial charge in [0.25, 0.3) is 0 Å². The Bertz CT molecular complexity index is 864. The molecule has 0 radical (unpaired) electrons. The SMILES string of the molecule is COC(=O)CCCCNc1ncnc2scc(-c3ccc(F)cc3)c12. The number of esters is 1. The molecule has 0 aliphatic rings. The zero-order valence-corrected chi connectivity index (χ0v) is 14.6. The van der Waals surface area contributed by atoms with E-state index in [-0.39, 0.29) is 11.8 Å². The molecule has 1 aromatic carbocycles. The van der Waals surface area contributed by atoms with Crippen LogP contribution < -0.4 is 5.32 Å². The topological polar surface area (TPSA) is 64.1 Å². The van der Waals surface area contributed by atoms with Gasteiger partial charge in [0.2, 0.25) is 0 Å². The van der Waals surface area contributed by atoms with Crippen LogP contribution in [0.3, 0.4) is 0 Å². The van der Waals surface area contributed by atoms with Crippen LogP contribution in [-0.4, -0.2) is 29.6 Å². The maximum atomic E-state index is 13.2. The quantitative estimate of drug-likeness (QED) is 0.505. The van der Waals surface area contributed by atoms with Crippen molar-refractivity contribution in [1.29, 1.82) is 0 Å². The average Bonchev–Trinajstić information content (AvgIpc) is 3.07. The standard InChI is InChI=1S/C18H18FN3O2S/c1-24-15(23)4-2-3-9-20-17-16-14(10-25-18(16)22-11-21-17)12-5-7-13(19)8-6-12/h5-8,10-11H,2-4,9H2,1H3,(H,20,21,22). The number of thiophene rings is 1. The van der Waals surface area contributed by atoms with Crippen molar-refractivity contribution in [2.24, 2.45) is 0 Å². The Morgan fingerprint density at radius 3 is 2.80 bits per heavy atom. The number of benzene rings is 1. The Labute approximate surface area is 148 Å². The summed E-state index contributed by atoms with van der Waals surface area (Å²) in [6, 6.07) is 6.40. The second-order valence-electron chi connectivity index (χ2n) is 5.52. The lowest BCUT2D eigenvalue weighted by Crippen LogP contribution is -2.06. The van der Waals surface area contributed by atoms with E-state index in [1.54, 1.807) is 12.1 Å². The van der Waals surface area contributed by atoms with Gasteiger partial charge in [-0.1, -0.05) is 12.1 Å². The summed E-state index contributed by atoms with van der Waals surface area (Å²) in [6.07, 6.45) is 3.53. The van der Waals surface area contributed by atoms with E-state index in [9.17, 15) is 9.18 Å². The largest absolute Gasteiger partial charge is 0.469 e.